The normalized spacial score (nSPS) is 12.3. The Labute approximate surface area is 175 Å². The molecule has 0 amide bonds. The molecule has 150 valence electrons. The van der Waals surface area contributed by atoms with E-state index < -0.39 is 0 Å². The number of rotatable bonds is 8. The van der Waals surface area contributed by atoms with Crippen LogP contribution < -0.4 is 0 Å². The Morgan fingerprint density at radius 1 is 0.931 bits per heavy atom. The molecular formula is C26H31N3. The predicted molar refractivity (Wildman–Crippen MR) is 119 cm³/mol. The maximum absolute atomic E-state index is 9.49. The summed E-state index contributed by atoms with van der Waals surface area (Å²) in [7, 11) is 0. The summed E-state index contributed by atoms with van der Waals surface area (Å²) in [5.74, 6) is 0.532. The van der Waals surface area contributed by atoms with E-state index in [-0.39, 0.29) is 0 Å². The molecule has 3 heteroatoms. The zero-order chi connectivity index (χ0) is 20.8. The van der Waals surface area contributed by atoms with Crippen LogP contribution in [0.4, 0.5) is 0 Å². The average molecular weight is 386 g/mol. The third-order valence-electron chi connectivity index (χ3n) is 5.81. The lowest BCUT2D eigenvalue weighted by molar-refractivity contribution is 0.148. The second-order valence-electron chi connectivity index (χ2n) is 8.27. The van der Waals surface area contributed by atoms with Gasteiger partial charge in [0.15, 0.2) is 0 Å². The zero-order valence-corrected chi connectivity index (χ0v) is 18.0. The third-order valence-corrected chi connectivity index (χ3v) is 5.81. The fourth-order valence-electron chi connectivity index (χ4n) is 3.60. The first-order valence-electron chi connectivity index (χ1n) is 10.4. The van der Waals surface area contributed by atoms with Crippen molar-refractivity contribution in [1.82, 2.24) is 9.47 Å². The number of hydrogen-bond donors (Lipinski definition) is 0. The Bertz CT molecular complexity index is 960. The van der Waals surface area contributed by atoms with Crippen molar-refractivity contribution >= 4 is 0 Å². The van der Waals surface area contributed by atoms with Crippen molar-refractivity contribution in [3.05, 3.63) is 94.8 Å². The van der Waals surface area contributed by atoms with Gasteiger partial charge in [-0.15, -0.1) is 0 Å². The molecular weight excluding hydrogens is 354 g/mol. The molecule has 0 radical (unpaired) electrons. The van der Waals surface area contributed by atoms with Crippen LogP contribution in [0.15, 0.2) is 66.9 Å². The van der Waals surface area contributed by atoms with Crippen LogP contribution in [0.2, 0.25) is 0 Å². The van der Waals surface area contributed by atoms with E-state index in [9.17, 15) is 5.26 Å². The average Bonchev–Trinajstić information content (AvgIpc) is 3.15. The number of nitrogens with zero attached hydrogens (tertiary/aromatic N) is 3. The molecule has 1 unspecified atom stereocenters. The van der Waals surface area contributed by atoms with Crippen LogP contribution in [-0.4, -0.2) is 15.5 Å². The SMILES string of the molecule is Cc1ccc(Cn2cccc2CN(Cc2ccccc2C#N)C(C)C(C)C)cc1. The van der Waals surface area contributed by atoms with Crippen molar-refractivity contribution in [1.29, 1.82) is 5.26 Å². The quantitative estimate of drug-likeness (QED) is 0.493. The minimum Gasteiger partial charge on any atom is -0.346 e. The Morgan fingerprint density at radius 2 is 1.66 bits per heavy atom. The van der Waals surface area contributed by atoms with Crippen LogP contribution in [0.1, 0.15) is 48.7 Å². The summed E-state index contributed by atoms with van der Waals surface area (Å²) < 4.78 is 2.33. The standard InChI is InChI=1S/C26H31N3/c1-20(2)22(4)29(18-25-9-6-5-8-24(25)16-27)19-26-10-7-15-28(26)17-23-13-11-21(3)12-14-23/h5-15,20,22H,17-19H2,1-4H3. The molecule has 0 aliphatic carbocycles. The van der Waals surface area contributed by atoms with Crippen molar-refractivity contribution < 1.29 is 0 Å². The Morgan fingerprint density at radius 3 is 2.34 bits per heavy atom. The minimum atomic E-state index is 0.407. The highest BCUT2D eigenvalue weighted by molar-refractivity contribution is 5.37. The molecule has 0 saturated carbocycles. The molecule has 1 heterocycles. The molecule has 0 N–H and O–H groups in total. The molecule has 0 spiro atoms. The number of aromatic nitrogens is 1. The van der Waals surface area contributed by atoms with E-state index in [0.717, 1.165) is 30.8 Å². The number of aryl methyl sites for hydroxylation is 1. The van der Waals surface area contributed by atoms with Crippen LogP contribution >= 0.6 is 0 Å². The molecule has 3 nitrogen and oxygen atoms in total. The molecule has 0 bridgehead atoms. The van der Waals surface area contributed by atoms with Crippen molar-refractivity contribution in [3.8, 4) is 6.07 Å². The van der Waals surface area contributed by atoms with Gasteiger partial charge in [0, 0.05) is 37.6 Å². The van der Waals surface area contributed by atoms with Crippen molar-refractivity contribution in [2.75, 3.05) is 0 Å². The van der Waals surface area contributed by atoms with Gasteiger partial charge in [-0.05, 0) is 49.1 Å². The van der Waals surface area contributed by atoms with Gasteiger partial charge in [-0.25, -0.2) is 0 Å². The van der Waals surface area contributed by atoms with Gasteiger partial charge >= 0.3 is 0 Å². The molecule has 1 aromatic heterocycles. The summed E-state index contributed by atoms with van der Waals surface area (Å²) in [6.45, 7) is 11.4. The summed E-state index contributed by atoms with van der Waals surface area (Å²) in [6.07, 6.45) is 2.16. The molecule has 0 fully saturated rings. The van der Waals surface area contributed by atoms with E-state index in [1.165, 1.54) is 16.8 Å². The lowest BCUT2D eigenvalue weighted by Gasteiger charge is -2.32. The smallest absolute Gasteiger partial charge is 0.0995 e. The van der Waals surface area contributed by atoms with Crippen molar-refractivity contribution in [3.63, 3.8) is 0 Å². The van der Waals surface area contributed by atoms with Crippen LogP contribution in [0.5, 0.6) is 0 Å². The largest absolute Gasteiger partial charge is 0.346 e. The fraction of sp³-hybridized carbons (Fsp3) is 0.346. The van der Waals surface area contributed by atoms with Crippen LogP contribution in [0, 0.1) is 24.2 Å². The van der Waals surface area contributed by atoms with E-state index in [0.29, 0.717) is 12.0 Å². The van der Waals surface area contributed by atoms with Crippen LogP contribution in [0.25, 0.3) is 0 Å². The van der Waals surface area contributed by atoms with Gasteiger partial charge in [-0.3, -0.25) is 4.90 Å². The molecule has 3 aromatic rings. The summed E-state index contributed by atoms with van der Waals surface area (Å²) >= 11 is 0. The maximum atomic E-state index is 9.49. The Hall–Kier alpha value is -2.83. The van der Waals surface area contributed by atoms with Crippen molar-refractivity contribution in [2.24, 2.45) is 5.92 Å². The highest BCUT2D eigenvalue weighted by atomic mass is 15.2. The van der Waals surface area contributed by atoms with E-state index in [2.05, 4.69) is 91.9 Å². The Balaban J connectivity index is 1.82. The lowest BCUT2D eigenvalue weighted by Crippen LogP contribution is -2.36. The first-order valence-corrected chi connectivity index (χ1v) is 10.4. The molecule has 29 heavy (non-hydrogen) atoms. The molecule has 3 rings (SSSR count). The summed E-state index contributed by atoms with van der Waals surface area (Å²) in [5.41, 5.74) is 5.76. The minimum absolute atomic E-state index is 0.407. The van der Waals surface area contributed by atoms with Gasteiger partial charge in [0.05, 0.1) is 11.6 Å². The fourth-order valence-corrected chi connectivity index (χ4v) is 3.60. The number of hydrogen-bond acceptors (Lipinski definition) is 2. The molecule has 0 saturated heterocycles. The van der Waals surface area contributed by atoms with E-state index in [1.807, 2.05) is 18.2 Å². The monoisotopic (exact) mass is 385 g/mol. The van der Waals surface area contributed by atoms with Gasteiger partial charge in [0.2, 0.25) is 0 Å². The Kier molecular flexibility index (Phi) is 6.90. The first kappa shape index (κ1) is 20.9. The van der Waals surface area contributed by atoms with E-state index >= 15 is 0 Å². The van der Waals surface area contributed by atoms with Gasteiger partial charge in [0.25, 0.3) is 0 Å². The van der Waals surface area contributed by atoms with Gasteiger partial charge < -0.3 is 4.57 Å². The van der Waals surface area contributed by atoms with Gasteiger partial charge in [-0.2, -0.15) is 5.26 Å². The molecule has 2 aromatic carbocycles. The number of benzene rings is 2. The third kappa shape index (κ3) is 5.37. The van der Waals surface area contributed by atoms with Crippen LogP contribution in [-0.2, 0) is 19.6 Å². The maximum Gasteiger partial charge on any atom is 0.0995 e. The van der Waals surface area contributed by atoms with Crippen molar-refractivity contribution in [2.45, 2.75) is 53.4 Å². The second-order valence-corrected chi connectivity index (χ2v) is 8.27. The second kappa shape index (κ2) is 9.58. The zero-order valence-electron chi connectivity index (χ0n) is 18.0. The van der Waals surface area contributed by atoms with Gasteiger partial charge in [0.1, 0.15) is 0 Å². The van der Waals surface area contributed by atoms with Gasteiger partial charge in [-0.1, -0.05) is 61.9 Å². The topological polar surface area (TPSA) is 32.0 Å². The first-order chi connectivity index (χ1) is 14.0. The summed E-state index contributed by atoms with van der Waals surface area (Å²) in [4.78, 5) is 2.49. The highest BCUT2D eigenvalue weighted by Gasteiger charge is 2.20. The lowest BCUT2D eigenvalue weighted by atomic mass is 10.0. The van der Waals surface area contributed by atoms with E-state index in [4.69, 9.17) is 0 Å². The summed E-state index contributed by atoms with van der Waals surface area (Å²) in [6, 6.07) is 23.8. The molecule has 0 aliphatic heterocycles. The number of nitriles is 1. The molecule has 0 aliphatic rings. The molecule has 1 atom stereocenters. The predicted octanol–water partition coefficient (Wildman–Crippen LogP) is 5.76. The van der Waals surface area contributed by atoms with Crippen LogP contribution in [0.3, 0.4) is 0 Å². The van der Waals surface area contributed by atoms with E-state index in [1.54, 1.807) is 0 Å². The highest BCUT2D eigenvalue weighted by Crippen LogP contribution is 2.21. The summed E-state index contributed by atoms with van der Waals surface area (Å²) in [5, 5.41) is 9.49.